The lowest BCUT2D eigenvalue weighted by atomic mass is 9.98. The van der Waals surface area contributed by atoms with Crippen molar-refractivity contribution in [1.29, 1.82) is 0 Å². The van der Waals surface area contributed by atoms with E-state index in [-0.39, 0.29) is 41.4 Å². The summed E-state index contributed by atoms with van der Waals surface area (Å²) in [6.45, 7) is 2.99. The molecule has 3 aromatic rings. The second-order valence-corrected chi connectivity index (χ2v) is 12.2. The number of methoxy groups -OCH3 is 1. The molecule has 1 aromatic heterocycles. The molecule has 17 heteroatoms. The van der Waals surface area contributed by atoms with E-state index in [1.807, 2.05) is 0 Å². The quantitative estimate of drug-likeness (QED) is 0.152. The molecule has 0 unspecified atom stereocenters. The maximum Gasteiger partial charge on any atom is 0.488 e. The molecule has 10 nitrogen and oxygen atoms in total. The van der Waals surface area contributed by atoms with Gasteiger partial charge in [0.2, 0.25) is 5.95 Å². The summed E-state index contributed by atoms with van der Waals surface area (Å²) < 4.78 is 89.2. The Balaban J connectivity index is 1.60. The Kier molecular flexibility index (Phi) is 9.32. The van der Waals surface area contributed by atoms with Crippen molar-refractivity contribution in [3.63, 3.8) is 0 Å². The molecule has 0 saturated heterocycles. The van der Waals surface area contributed by atoms with Crippen molar-refractivity contribution in [2.24, 2.45) is 0 Å². The van der Waals surface area contributed by atoms with Crippen LogP contribution >= 0.6 is 19.7 Å². The minimum Gasteiger partial charge on any atom is -0.495 e. The zero-order valence-corrected chi connectivity index (χ0v) is 24.4. The summed E-state index contributed by atoms with van der Waals surface area (Å²) in [7, 11) is -4.75. The average molecular weight is 638 g/mol. The van der Waals surface area contributed by atoms with Crippen LogP contribution in [0.25, 0.3) is 0 Å². The Labute approximate surface area is 240 Å². The van der Waals surface area contributed by atoms with E-state index in [0.717, 1.165) is 5.56 Å². The molecule has 0 saturated carbocycles. The zero-order chi connectivity index (χ0) is 29.9. The number of nitrogens with zero attached hydrogens (tertiary/aromatic N) is 3. The topological polar surface area (TPSA) is 115 Å². The van der Waals surface area contributed by atoms with Crippen molar-refractivity contribution in [2.45, 2.75) is 19.1 Å². The van der Waals surface area contributed by atoms with Crippen LogP contribution in [0.1, 0.15) is 11.1 Å². The van der Waals surface area contributed by atoms with Gasteiger partial charge >= 0.3 is 16.7 Å². The van der Waals surface area contributed by atoms with E-state index in [1.54, 1.807) is 25.5 Å². The first-order valence-corrected chi connectivity index (χ1v) is 15.7. The number of anilines is 4. The SMILES string of the molecule is COc1cc2c(cc1Nc1ncc(Cl)c(Nc3ccc(OS(=O)(=O)F)cc3OP(C)C)n1)CN(CC(F)(F)F)CC2. The molecule has 4 rings (SSSR count). The number of alkyl halides is 3. The van der Waals surface area contributed by atoms with Gasteiger partial charge in [0.1, 0.15) is 22.3 Å². The van der Waals surface area contributed by atoms with Crippen LogP contribution in [-0.4, -0.2) is 63.0 Å². The average Bonchev–Trinajstić information content (AvgIpc) is 2.85. The first kappa shape index (κ1) is 30.8. The lowest BCUT2D eigenvalue weighted by Gasteiger charge is -2.30. The zero-order valence-electron chi connectivity index (χ0n) is 21.9. The number of hydrogen-bond donors (Lipinski definition) is 2. The highest BCUT2D eigenvalue weighted by Crippen LogP contribution is 2.40. The van der Waals surface area contributed by atoms with Gasteiger partial charge in [-0.25, -0.2) is 4.98 Å². The molecule has 0 aliphatic carbocycles. The molecule has 1 aliphatic rings. The highest BCUT2D eigenvalue weighted by Gasteiger charge is 2.32. The smallest absolute Gasteiger partial charge is 0.488 e. The lowest BCUT2D eigenvalue weighted by molar-refractivity contribution is -0.147. The van der Waals surface area contributed by atoms with Crippen LogP contribution in [-0.2, 0) is 23.5 Å². The van der Waals surface area contributed by atoms with Crippen LogP contribution < -0.4 is 24.1 Å². The number of benzene rings is 2. The second kappa shape index (κ2) is 12.4. The van der Waals surface area contributed by atoms with Crippen LogP contribution in [0.2, 0.25) is 5.02 Å². The standard InChI is InChI=1S/C24H25ClF4N5O5PS/c1-37-20-9-14-6-7-34(13-24(26,27)28)12-15(14)8-19(20)32-23-30-11-17(25)22(33-23)31-18-5-4-16(39-41(29,35)36)10-21(18)38-40(2)3/h4-5,8-11H,6-7,12-13H2,1-3H3,(H2,30,31,32,33). The van der Waals surface area contributed by atoms with E-state index < -0.39 is 31.4 Å². The molecule has 2 N–H and O–H groups in total. The molecule has 0 atom stereocenters. The third-order valence-electron chi connectivity index (χ3n) is 5.69. The van der Waals surface area contributed by atoms with Crippen molar-refractivity contribution in [1.82, 2.24) is 14.9 Å². The van der Waals surface area contributed by atoms with Crippen LogP contribution in [0.3, 0.4) is 0 Å². The lowest BCUT2D eigenvalue weighted by Crippen LogP contribution is -2.38. The minimum atomic E-state index is -5.24. The summed E-state index contributed by atoms with van der Waals surface area (Å²) >= 11 is 6.32. The van der Waals surface area contributed by atoms with Crippen molar-refractivity contribution in [3.05, 3.63) is 52.7 Å². The van der Waals surface area contributed by atoms with Gasteiger partial charge in [-0.3, -0.25) is 4.90 Å². The monoisotopic (exact) mass is 637 g/mol. The van der Waals surface area contributed by atoms with Crippen LogP contribution in [0.4, 0.5) is 40.2 Å². The summed E-state index contributed by atoms with van der Waals surface area (Å²) in [6, 6.07) is 7.30. The molecular weight excluding hydrogens is 613 g/mol. The van der Waals surface area contributed by atoms with Crippen molar-refractivity contribution in [3.8, 4) is 17.2 Å². The maximum absolute atomic E-state index is 13.0. The van der Waals surface area contributed by atoms with Gasteiger partial charge in [0, 0.05) is 19.2 Å². The number of nitrogens with one attached hydrogen (secondary N) is 2. The van der Waals surface area contributed by atoms with Crippen molar-refractivity contribution < 1.29 is 38.9 Å². The van der Waals surface area contributed by atoms with Crippen LogP contribution in [0, 0.1) is 0 Å². The Morgan fingerprint density at radius 2 is 1.85 bits per heavy atom. The summed E-state index contributed by atoms with van der Waals surface area (Å²) in [5.41, 5.74) is 2.37. The normalized spacial score (nSPS) is 14.0. The van der Waals surface area contributed by atoms with E-state index in [4.69, 9.17) is 20.9 Å². The Morgan fingerprint density at radius 1 is 1.10 bits per heavy atom. The Bertz CT molecular complexity index is 1530. The number of ether oxygens (including phenoxy) is 1. The first-order chi connectivity index (χ1) is 19.2. The van der Waals surface area contributed by atoms with Crippen LogP contribution in [0.5, 0.6) is 17.2 Å². The molecule has 2 aromatic carbocycles. The third kappa shape index (κ3) is 8.68. The number of hydrogen-bond acceptors (Lipinski definition) is 10. The number of rotatable bonds is 10. The number of fused-ring (bicyclic) bond motifs is 1. The number of halogens is 5. The highest BCUT2D eigenvalue weighted by molar-refractivity contribution is 7.81. The van der Waals surface area contributed by atoms with Crippen molar-refractivity contribution in [2.75, 3.05) is 44.2 Å². The van der Waals surface area contributed by atoms with Gasteiger partial charge < -0.3 is 24.1 Å². The van der Waals surface area contributed by atoms with Gasteiger partial charge in [0.15, 0.2) is 5.82 Å². The molecule has 1 aliphatic heterocycles. The fourth-order valence-corrected chi connectivity index (χ4v) is 5.12. The fraction of sp³-hybridized carbons (Fsp3) is 0.333. The minimum absolute atomic E-state index is 0.0947. The summed E-state index contributed by atoms with van der Waals surface area (Å²) in [5.74, 6) is 0.554. The van der Waals surface area contributed by atoms with E-state index in [2.05, 4.69) is 24.8 Å². The highest BCUT2D eigenvalue weighted by atomic mass is 35.5. The van der Waals surface area contributed by atoms with Crippen LogP contribution in [0.15, 0.2) is 36.5 Å². The first-order valence-electron chi connectivity index (χ1n) is 11.9. The molecule has 0 bridgehead atoms. The van der Waals surface area contributed by atoms with Gasteiger partial charge in [0.25, 0.3) is 0 Å². The molecule has 41 heavy (non-hydrogen) atoms. The fourth-order valence-electron chi connectivity index (χ4n) is 4.11. The Morgan fingerprint density at radius 3 is 2.51 bits per heavy atom. The molecule has 0 radical (unpaired) electrons. The Hall–Kier alpha value is -3.13. The van der Waals surface area contributed by atoms with Gasteiger partial charge in [-0.15, -0.1) is 0 Å². The van der Waals surface area contributed by atoms with E-state index in [0.29, 0.717) is 29.1 Å². The predicted octanol–water partition coefficient (Wildman–Crippen LogP) is 6.17. The molecule has 0 spiro atoms. The van der Waals surface area contributed by atoms with Gasteiger partial charge in [-0.1, -0.05) is 15.5 Å². The summed E-state index contributed by atoms with van der Waals surface area (Å²) in [5, 5.41) is 6.14. The van der Waals surface area contributed by atoms with Gasteiger partial charge in [0.05, 0.1) is 39.4 Å². The molecule has 0 amide bonds. The second-order valence-electron chi connectivity index (χ2n) is 9.08. The molecular formula is C24H25ClF4N5O5PS. The predicted molar refractivity (Wildman–Crippen MR) is 148 cm³/mol. The summed E-state index contributed by atoms with van der Waals surface area (Å²) in [6.07, 6.45) is -2.53. The summed E-state index contributed by atoms with van der Waals surface area (Å²) in [4.78, 5) is 9.92. The van der Waals surface area contributed by atoms with Gasteiger partial charge in [-0.05, 0) is 55.1 Å². The third-order valence-corrected chi connectivity index (χ3v) is 6.92. The number of aromatic nitrogens is 2. The maximum atomic E-state index is 13.0. The molecule has 2 heterocycles. The molecule has 222 valence electrons. The van der Waals surface area contributed by atoms with Gasteiger partial charge in [-0.2, -0.15) is 26.6 Å². The van der Waals surface area contributed by atoms with E-state index in [1.165, 1.54) is 36.4 Å². The van der Waals surface area contributed by atoms with Crippen molar-refractivity contribution >= 4 is 53.4 Å². The largest absolute Gasteiger partial charge is 0.495 e. The van der Waals surface area contributed by atoms with E-state index >= 15 is 0 Å². The van der Waals surface area contributed by atoms with E-state index in [9.17, 15) is 25.5 Å². The molecule has 0 fully saturated rings.